The van der Waals surface area contributed by atoms with Crippen molar-refractivity contribution in [1.29, 1.82) is 0 Å². The van der Waals surface area contributed by atoms with Crippen molar-refractivity contribution in [2.45, 2.75) is 264 Å². The summed E-state index contributed by atoms with van der Waals surface area (Å²) in [6, 6.07) is -0.708. The average Bonchev–Trinajstić information content (AvgIpc) is 3.19. The minimum atomic E-state index is -0.792. The lowest BCUT2D eigenvalue weighted by Gasteiger charge is -2.24. The van der Waals surface area contributed by atoms with Crippen molar-refractivity contribution in [3.8, 4) is 0 Å². The number of esters is 1. The van der Waals surface area contributed by atoms with Gasteiger partial charge < -0.3 is 20.3 Å². The lowest BCUT2D eigenvalue weighted by Crippen LogP contribution is -2.46. The Morgan fingerprint density at radius 1 is 0.518 bits per heavy atom. The van der Waals surface area contributed by atoms with E-state index in [9.17, 15) is 19.8 Å². The van der Waals surface area contributed by atoms with Gasteiger partial charge in [0, 0.05) is 6.42 Å². The lowest BCUT2D eigenvalue weighted by atomic mass is 10.0. The van der Waals surface area contributed by atoms with Crippen molar-refractivity contribution in [2.75, 3.05) is 6.61 Å². The van der Waals surface area contributed by atoms with Gasteiger partial charge in [0.05, 0.1) is 25.2 Å². The molecule has 0 aromatic heterocycles. The summed E-state index contributed by atoms with van der Waals surface area (Å²) in [6.45, 7) is 6.43. The Morgan fingerprint density at radius 2 is 0.911 bits per heavy atom. The van der Waals surface area contributed by atoms with Crippen molar-refractivity contribution < 1.29 is 24.5 Å². The van der Waals surface area contributed by atoms with E-state index in [1.807, 2.05) is 0 Å². The zero-order valence-electron chi connectivity index (χ0n) is 37.3. The van der Waals surface area contributed by atoms with Crippen molar-refractivity contribution in [3.05, 3.63) is 36.5 Å². The monoisotopic (exact) mass is 788 g/mol. The molecule has 6 nitrogen and oxygen atoms in total. The molecule has 6 heteroatoms. The fourth-order valence-corrected chi connectivity index (χ4v) is 7.24. The summed E-state index contributed by atoms with van der Waals surface area (Å²) in [4.78, 5) is 26.0. The minimum absolute atomic E-state index is 0.0575. The first kappa shape index (κ1) is 54.1. The van der Waals surface area contributed by atoms with Crippen LogP contribution >= 0.6 is 0 Å². The predicted molar refractivity (Wildman–Crippen MR) is 241 cm³/mol. The normalized spacial score (nSPS) is 13.6. The Morgan fingerprint density at radius 3 is 1.43 bits per heavy atom. The molecule has 1 amide bonds. The van der Waals surface area contributed by atoms with Gasteiger partial charge in [0.2, 0.25) is 5.91 Å². The molecule has 0 aromatic carbocycles. The van der Waals surface area contributed by atoms with Crippen LogP contribution in [0.4, 0.5) is 0 Å². The largest absolute Gasteiger partial charge is 0.462 e. The Kier molecular flexibility index (Phi) is 42.7. The molecule has 56 heavy (non-hydrogen) atoms. The smallest absolute Gasteiger partial charge is 0.306 e. The number of carbonyl (C=O) groups excluding carboxylic acids is 2. The van der Waals surface area contributed by atoms with Crippen LogP contribution in [0.25, 0.3) is 0 Å². The molecule has 3 atom stereocenters. The first-order chi connectivity index (χ1) is 27.5. The van der Waals surface area contributed by atoms with E-state index in [2.05, 4.69) is 62.5 Å². The number of aliphatic hydroxyl groups is 2. The highest BCUT2D eigenvalue weighted by atomic mass is 16.5. The van der Waals surface area contributed by atoms with Gasteiger partial charge in [-0.05, 0) is 77.0 Å². The SMILES string of the molecule is CCCCC/C=C\CCCCCC(CC(=O)NC(CO)C(O)CCCCCCCCCCCCC)OC(=O)CCCCC/C=C/C=C/CCCCCCCCC. The molecule has 3 unspecified atom stereocenters. The van der Waals surface area contributed by atoms with Crippen LogP contribution in [0.2, 0.25) is 0 Å². The number of aliphatic hydroxyl groups excluding tert-OH is 2. The maximum absolute atomic E-state index is 13.1. The molecule has 0 radical (unpaired) electrons. The Bertz CT molecular complexity index is 930. The first-order valence-electron chi connectivity index (χ1n) is 24.2. The summed E-state index contributed by atoms with van der Waals surface area (Å²) in [5, 5.41) is 23.6. The van der Waals surface area contributed by atoms with E-state index in [0.29, 0.717) is 19.3 Å². The second-order valence-corrected chi connectivity index (χ2v) is 16.5. The third-order valence-electron chi connectivity index (χ3n) is 11.0. The number of ether oxygens (including phenoxy) is 1. The summed E-state index contributed by atoms with van der Waals surface area (Å²) in [7, 11) is 0. The standard InChI is InChI=1S/C50H93NO5/c1-4-7-10-13-16-19-22-23-24-25-26-28-31-34-37-40-43-50(55)56-46(41-38-35-32-29-21-18-15-12-9-6-3)44-49(54)51-47(45-52)48(53)42-39-36-33-30-27-20-17-14-11-8-5-2/h18,21,24-26,28,46-48,52-53H,4-17,19-20,22-23,27,29-45H2,1-3H3,(H,51,54)/b21-18-,25-24+,28-26+. The number of carbonyl (C=O) groups is 2. The van der Waals surface area contributed by atoms with Crippen LogP contribution in [0.1, 0.15) is 245 Å². The molecule has 0 saturated carbocycles. The van der Waals surface area contributed by atoms with Crippen LogP contribution in [0, 0.1) is 0 Å². The van der Waals surface area contributed by atoms with Crippen LogP contribution in [-0.4, -0.2) is 46.9 Å². The van der Waals surface area contributed by atoms with E-state index in [0.717, 1.165) is 83.5 Å². The molecule has 328 valence electrons. The third kappa shape index (κ3) is 38.9. The van der Waals surface area contributed by atoms with E-state index < -0.39 is 18.2 Å². The minimum Gasteiger partial charge on any atom is -0.462 e. The van der Waals surface area contributed by atoms with Gasteiger partial charge in [0.1, 0.15) is 6.10 Å². The molecule has 0 heterocycles. The van der Waals surface area contributed by atoms with Crippen LogP contribution in [0.5, 0.6) is 0 Å². The zero-order chi connectivity index (χ0) is 41.0. The molecule has 0 spiro atoms. The number of rotatable bonds is 43. The van der Waals surface area contributed by atoms with E-state index >= 15 is 0 Å². The van der Waals surface area contributed by atoms with E-state index in [4.69, 9.17) is 4.74 Å². The molecule has 3 N–H and O–H groups in total. The van der Waals surface area contributed by atoms with Crippen LogP contribution in [0.15, 0.2) is 36.5 Å². The second kappa shape index (κ2) is 44.2. The Labute approximate surface area is 347 Å². The van der Waals surface area contributed by atoms with Crippen LogP contribution in [-0.2, 0) is 14.3 Å². The zero-order valence-corrected chi connectivity index (χ0v) is 37.3. The maximum atomic E-state index is 13.1. The first-order valence-corrected chi connectivity index (χ1v) is 24.2. The average molecular weight is 788 g/mol. The van der Waals surface area contributed by atoms with Gasteiger partial charge >= 0.3 is 5.97 Å². The summed E-state index contributed by atoms with van der Waals surface area (Å²) in [5.41, 5.74) is 0. The summed E-state index contributed by atoms with van der Waals surface area (Å²) in [6.07, 6.45) is 50.6. The highest BCUT2D eigenvalue weighted by Crippen LogP contribution is 2.17. The fraction of sp³-hybridized carbons (Fsp3) is 0.840. The van der Waals surface area contributed by atoms with Gasteiger partial charge in [-0.3, -0.25) is 9.59 Å². The molecule has 0 aliphatic heterocycles. The third-order valence-corrected chi connectivity index (χ3v) is 11.0. The fourth-order valence-electron chi connectivity index (χ4n) is 7.24. The van der Waals surface area contributed by atoms with Crippen molar-refractivity contribution in [1.82, 2.24) is 5.32 Å². The number of hydrogen-bond donors (Lipinski definition) is 3. The molecule has 0 aromatic rings. The quantitative estimate of drug-likeness (QED) is 0.0247. The molecule has 0 aliphatic carbocycles. The topological polar surface area (TPSA) is 95.9 Å². The van der Waals surface area contributed by atoms with Gasteiger partial charge in [-0.1, -0.05) is 192 Å². The van der Waals surface area contributed by atoms with E-state index in [1.165, 1.54) is 116 Å². The molecule has 0 fully saturated rings. The summed E-state index contributed by atoms with van der Waals surface area (Å²) >= 11 is 0. The molecular weight excluding hydrogens is 695 g/mol. The highest BCUT2D eigenvalue weighted by Gasteiger charge is 2.24. The maximum Gasteiger partial charge on any atom is 0.306 e. The van der Waals surface area contributed by atoms with E-state index in [-0.39, 0.29) is 24.9 Å². The van der Waals surface area contributed by atoms with E-state index in [1.54, 1.807) is 0 Å². The highest BCUT2D eigenvalue weighted by molar-refractivity contribution is 5.77. The lowest BCUT2D eigenvalue weighted by molar-refractivity contribution is -0.151. The van der Waals surface area contributed by atoms with Gasteiger partial charge in [-0.15, -0.1) is 0 Å². The molecule has 0 bridgehead atoms. The van der Waals surface area contributed by atoms with Crippen LogP contribution in [0.3, 0.4) is 0 Å². The number of nitrogens with one attached hydrogen (secondary N) is 1. The van der Waals surface area contributed by atoms with Gasteiger partial charge in [0.25, 0.3) is 0 Å². The predicted octanol–water partition coefficient (Wildman–Crippen LogP) is 14.1. The Hall–Kier alpha value is -1.92. The molecule has 0 aliphatic rings. The van der Waals surface area contributed by atoms with Crippen molar-refractivity contribution in [3.63, 3.8) is 0 Å². The summed E-state index contributed by atoms with van der Waals surface area (Å²) in [5.74, 6) is -0.519. The number of hydrogen-bond acceptors (Lipinski definition) is 5. The molecule has 0 rings (SSSR count). The van der Waals surface area contributed by atoms with Crippen molar-refractivity contribution >= 4 is 11.9 Å². The van der Waals surface area contributed by atoms with Crippen LogP contribution < -0.4 is 5.32 Å². The number of unbranched alkanes of at least 4 members (excludes halogenated alkanes) is 26. The number of allylic oxidation sites excluding steroid dienone is 6. The van der Waals surface area contributed by atoms with Crippen molar-refractivity contribution in [2.24, 2.45) is 0 Å². The van der Waals surface area contributed by atoms with Gasteiger partial charge in [-0.2, -0.15) is 0 Å². The van der Waals surface area contributed by atoms with Gasteiger partial charge in [0.15, 0.2) is 0 Å². The van der Waals surface area contributed by atoms with Gasteiger partial charge in [-0.25, -0.2) is 0 Å². The summed E-state index contributed by atoms with van der Waals surface area (Å²) < 4.78 is 5.89. The second-order valence-electron chi connectivity index (χ2n) is 16.5. The molecule has 0 saturated heterocycles. The number of amides is 1. The Balaban J connectivity index is 4.58. The molecular formula is C50H93NO5.